The maximum absolute atomic E-state index is 12.9. The number of aromatic amines is 1. The first-order valence-corrected chi connectivity index (χ1v) is 10.4. The summed E-state index contributed by atoms with van der Waals surface area (Å²) in [5, 5.41) is 13.4. The van der Waals surface area contributed by atoms with Gasteiger partial charge >= 0.3 is 0 Å². The Labute approximate surface area is 185 Å². The number of aromatic nitrogens is 4. The minimum Gasteiger partial charge on any atom is -0.484 e. The van der Waals surface area contributed by atoms with Crippen LogP contribution in [0.25, 0.3) is 5.82 Å². The molecule has 0 aliphatic rings. The van der Waals surface area contributed by atoms with Crippen molar-refractivity contribution in [3.05, 3.63) is 64.2 Å². The summed E-state index contributed by atoms with van der Waals surface area (Å²) in [5.74, 6) is 0.454. The van der Waals surface area contributed by atoms with Gasteiger partial charge in [-0.2, -0.15) is 10.2 Å². The van der Waals surface area contributed by atoms with Gasteiger partial charge in [-0.3, -0.25) is 14.4 Å². The number of likely N-dealkylation sites (N-methyl/N-ethyl adjacent to an activating group) is 1. The van der Waals surface area contributed by atoms with Crippen molar-refractivity contribution in [1.82, 2.24) is 24.9 Å². The van der Waals surface area contributed by atoms with Crippen LogP contribution in [-0.4, -0.2) is 56.4 Å². The van der Waals surface area contributed by atoms with E-state index in [1.54, 1.807) is 29.2 Å². The molecular weight excluding hydrogens is 412 g/mol. The summed E-state index contributed by atoms with van der Waals surface area (Å²) in [7, 11) is 0. The normalized spacial score (nSPS) is 10.6. The van der Waals surface area contributed by atoms with Gasteiger partial charge in [-0.15, -0.1) is 0 Å². The van der Waals surface area contributed by atoms with Gasteiger partial charge < -0.3 is 15.0 Å². The number of H-pyrrole nitrogens is 1. The molecule has 2 amide bonds. The van der Waals surface area contributed by atoms with Crippen molar-refractivity contribution in [2.45, 2.75) is 27.2 Å². The number of rotatable bonds is 9. The Morgan fingerprint density at radius 3 is 2.59 bits per heavy atom. The van der Waals surface area contributed by atoms with Crippen LogP contribution in [-0.2, 0) is 11.2 Å². The number of nitrogens with zero attached hydrogens (tertiary/aromatic N) is 4. The molecule has 0 saturated heterocycles. The van der Waals surface area contributed by atoms with Crippen molar-refractivity contribution in [2.75, 3.05) is 25.0 Å². The van der Waals surface area contributed by atoms with Crippen LogP contribution in [0.5, 0.6) is 5.75 Å². The van der Waals surface area contributed by atoms with E-state index in [1.807, 2.05) is 20.8 Å². The molecule has 0 atom stereocenters. The van der Waals surface area contributed by atoms with Crippen LogP contribution in [0.4, 0.5) is 5.69 Å². The average molecular weight is 438 g/mol. The molecule has 0 bridgehead atoms. The molecule has 1 aromatic carbocycles. The Bertz CT molecular complexity index is 1130. The van der Waals surface area contributed by atoms with Crippen molar-refractivity contribution >= 4 is 17.5 Å². The van der Waals surface area contributed by atoms with Gasteiger partial charge in [0.1, 0.15) is 5.75 Å². The summed E-state index contributed by atoms with van der Waals surface area (Å²) in [6, 6.07) is 9.74. The average Bonchev–Trinajstić information content (AvgIpc) is 3.23. The molecular formula is C22H26N6O4. The molecule has 10 heteroatoms. The molecule has 0 saturated carbocycles. The number of carbonyl (C=O) groups excluding carboxylic acids is 2. The summed E-state index contributed by atoms with van der Waals surface area (Å²) in [5.41, 5.74) is 1.25. The van der Waals surface area contributed by atoms with Crippen LogP contribution in [0.3, 0.4) is 0 Å². The van der Waals surface area contributed by atoms with Crippen molar-refractivity contribution in [2.24, 2.45) is 0 Å². The van der Waals surface area contributed by atoms with Crippen LogP contribution < -0.4 is 15.6 Å². The zero-order valence-corrected chi connectivity index (χ0v) is 18.3. The fourth-order valence-corrected chi connectivity index (χ4v) is 3.23. The van der Waals surface area contributed by atoms with Crippen molar-refractivity contribution in [3.63, 3.8) is 0 Å². The topological polar surface area (TPSA) is 122 Å². The second kappa shape index (κ2) is 10.4. The van der Waals surface area contributed by atoms with Crippen molar-refractivity contribution in [3.8, 4) is 11.6 Å². The molecule has 0 aliphatic carbocycles. The highest BCUT2D eigenvalue weighted by atomic mass is 16.5. The van der Waals surface area contributed by atoms with Crippen LogP contribution in [0.1, 0.15) is 36.8 Å². The van der Waals surface area contributed by atoms with Gasteiger partial charge in [-0.05, 0) is 38.5 Å². The summed E-state index contributed by atoms with van der Waals surface area (Å²) in [6.45, 7) is 6.90. The SMILES string of the molecule is CCc1c(C(=O)Nc2cccc(OCC(=O)N(CC)CC)c2)cnn1-c1ccc(=O)[nH]n1. The maximum atomic E-state index is 12.9. The fourth-order valence-electron chi connectivity index (χ4n) is 3.23. The van der Waals surface area contributed by atoms with Gasteiger partial charge in [0, 0.05) is 30.9 Å². The largest absolute Gasteiger partial charge is 0.484 e. The lowest BCUT2D eigenvalue weighted by Gasteiger charge is -2.18. The third kappa shape index (κ3) is 5.20. The summed E-state index contributed by atoms with van der Waals surface area (Å²) >= 11 is 0. The molecule has 0 fully saturated rings. The van der Waals surface area contributed by atoms with E-state index in [4.69, 9.17) is 4.74 Å². The van der Waals surface area contributed by atoms with E-state index >= 15 is 0 Å². The Balaban J connectivity index is 1.72. The summed E-state index contributed by atoms with van der Waals surface area (Å²) in [4.78, 5) is 38.0. The quantitative estimate of drug-likeness (QED) is 0.527. The zero-order chi connectivity index (χ0) is 23.1. The van der Waals surface area contributed by atoms with E-state index in [0.29, 0.717) is 48.0 Å². The summed E-state index contributed by atoms with van der Waals surface area (Å²) in [6.07, 6.45) is 1.99. The molecule has 0 unspecified atom stereocenters. The predicted molar refractivity (Wildman–Crippen MR) is 119 cm³/mol. The third-order valence-electron chi connectivity index (χ3n) is 4.90. The molecule has 32 heavy (non-hydrogen) atoms. The monoisotopic (exact) mass is 438 g/mol. The molecule has 3 aromatic rings. The number of amides is 2. The van der Waals surface area contributed by atoms with Crippen LogP contribution in [0.2, 0.25) is 0 Å². The lowest BCUT2D eigenvalue weighted by atomic mass is 10.2. The van der Waals surface area contributed by atoms with Crippen molar-refractivity contribution in [1.29, 1.82) is 0 Å². The highest BCUT2D eigenvalue weighted by molar-refractivity contribution is 6.05. The molecule has 2 heterocycles. The van der Waals surface area contributed by atoms with Gasteiger partial charge in [-0.1, -0.05) is 13.0 Å². The molecule has 2 N–H and O–H groups in total. The van der Waals surface area contributed by atoms with Gasteiger partial charge in [0.2, 0.25) is 0 Å². The van der Waals surface area contributed by atoms with Gasteiger partial charge in [-0.25, -0.2) is 9.78 Å². The molecule has 0 aliphatic heterocycles. The smallest absolute Gasteiger partial charge is 0.264 e. The molecule has 3 rings (SSSR count). The highest BCUT2D eigenvalue weighted by Gasteiger charge is 2.18. The van der Waals surface area contributed by atoms with E-state index in [-0.39, 0.29) is 24.0 Å². The molecule has 0 spiro atoms. The van der Waals surface area contributed by atoms with Crippen LogP contribution >= 0.6 is 0 Å². The lowest BCUT2D eigenvalue weighted by Crippen LogP contribution is -2.34. The first-order valence-electron chi connectivity index (χ1n) is 10.4. The van der Waals surface area contributed by atoms with E-state index in [0.717, 1.165) is 0 Å². The highest BCUT2D eigenvalue weighted by Crippen LogP contribution is 2.20. The minimum atomic E-state index is -0.339. The Kier molecular flexibility index (Phi) is 7.37. The number of ether oxygens (including phenoxy) is 1. The summed E-state index contributed by atoms with van der Waals surface area (Å²) < 4.78 is 7.12. The fraction of sp³-hybridized carbons (Fsp3) is 0.318. The van der Waals surface area contributed by atoms with Gasteiger partial charge in [0.05, 0.1) is 17.5 Å². The molecule has 2 aromatic heterocycles. The zero-order valence-electron chi connectivity index (χ0n) is 18.3. The van der Waals surface area contributed by atoms with Crippen LogP contribution in [0.15, 0.2) is 47.4 Å². The number of hydrogen-bond donors (Lipinski definition) is 2. The maximum Gasteiger partial charge on any atom is 0.264 e. The predicted octanol–water partition coefficient (Wildman–Crippen LogP) is 2.02. The number of benzene rings is 1. The van der Waals surface area contributed by atoms with Gasteiger partial charge in [0.15, 0.2) is 12.4 Å². The third-order valence-corrected chi connectivity index (χ3v) is 4.90. The Morgan fingerprint density at radius 2 is 1.94 bits per heavy atom. The minimum absolute atomic E-state index is 0.0714. The Hall–Kier alpha value is -3.95. The first-order chi connectivity index (χ1) is 15.5. The molecule has 168 valence electrons. The van der Waals surface area contributed by atoms with E-state index in [1.165, 1.54) is 23.0 Å². The standard InChI is InChI=1S/C22H26N6O4/c1-4-18-17(13-23-28(18)19-10-11-20(29)26-25-19)22(31)24-15-8-7-9-16(12-15)32-14-21(30)27(5-2)6-3/h7-13H,4-6,14H2,1-3H3,(H,24,31)(H,26,29). The van der Waals surface area contributed by atoms with Gasteiger partial charge in [0.25, 0.3) is 17.4 Å². The number of anilines is 1. The number of nitrogens with one attached hydrogen (secondary N) is 2. The number of carbonyl (C=O) groups is 2. The second-order valence-electron chi connectivity index (χ2n) is 6.89. The van der Waals surface area contributed by atoms with Crippen molar-refractivity contribution < 1.29 is 14.3 Å². The molecule has 10 nitrogen and oxygen atoms in total. The van der Waals surface area contributed by atoms with E-state index < -0.39 is 0 Å². The van der Waals surface area contributed by atoms with E-state index in [2.05, 4.69) is 20.6 Å². The Morgan fingerprint density at radius 1 is 1.16 bits per heavy atom. The molecule has 0 radical (unpaired) electrons. The van der Waals surface area contributed by atoms with E-state index in [9.17, 15) is 14.4 Å². The number of hydrogen-bond acceptors (Lipinski definition) is 6. The van der Waals surface area contributed by atoms with Crippen LogP contribution in [0, 0.1) is 0 Å². The second-order valence-corrected chi connectivity index (χ2v) is 6.89. The lowest BCUT2D eigenvalue weighted by molar-refractivity contribution is -0.132. The first kappa shape index (κ1) is 22.7.